The number of amides is 1. The number of aliphatic hydroxyl groups excluding tert-OH is 1. The van der Waals surface area contributed by atoms with Gasteiger partial charge in [-0.1, -0.05) is 51.0 Å². The molecule has 2 rings (SSSR count). The molecule has 0 unspecified atom stereocenters. The zero-order valence-corrected chi connectivity index (χ0v) is 16.9. The highest BCUT2D eigenvalue weighted by Gasteiger charge is 2.52. The number of rotatable bonds is 10. The Kier molecular flexibility index (Phi) is 7.90. The summed E-state index contributed by atoms with van der Waals surface area (Å²) in [6.45, 7) is 4.07. The lowest BCUT2D eigenvalue weighted by Gasteiger charge is -2.22. The fourth-order valence-corrected chi connectivity index (χ4v) is 3.45. The summed E-state index contributed by atoms with van der Waals surface area (Å²) in [4.78, 5) is 24.2. The van der Waals surface area contributed by atoms with Crippen LogP contribution >= 0.6 is 0 Å². The van der Waals surface area contributed by atoms with E-state index in [2.05, 4.69) is 6.92 Å². The Hall–Kier alpha value is -2.28. The predicted molar refractivity (Wildman–Crippen MR) is 106 cm³/mol. The van der Waals surface area contributed by atoms with Crippen molar-refractivity contribution < 1.29 is 28.6 Å². The average molecular weight is 409 g/mol. The Morgan fingerprint density at radius 1 is 1.34 bits per heavy atom. The van der Waals surface area contributed by atoms with Crippen LogP contribution in [-0.4, -0.2) is 51.6 Å². The number of hydrogen-bond donors (Lipinski definition) is 2. The Labute approximate surface area is 170 Å². The number of carbonyl (C=O) groups is 2. The first-order valence-corrected chi connectivity index (χ1v) is 10.0. The molecule has 1 heterocycles. The summed E-state index contributed by atoms with van der Waals surface area (Å²) in [5.41, 5.74) is 0.901. The van der Waals surface area contributed by atoms with Gasteiger partial charge >= 0.3 is 11.9 Å². The predicted octanol–water partition coefficient (Wildman–Crippen LogP) is 3.91. The molecule has 0 saturated carbocycles. The second kappa shape index (κ2) is 9.96. The van der Waals surface area contributed by atoms with Crippen molar-refractivity contribution >= 4 is 11.9 Å². The first-order chi connectivity index (χ1) is 13.7. The molecule has 0 bridgehead atoms. The fraction of sp³-hybridized carbons (Fsp3) is 0.545. The molecule has 160 valence electrons. The molecule has 5 nitrogen and oxygen atoms in total. The average Bonchev–Trinajstić information content (AvgIpc) is 2.91. The number of carboxylic acids is 1. The highest BCUT2D eigenvalue weighted by atomic mass is 19.3. The van der Waals surface area contributed by atoms with E-state index in [1.807, 2.05) is 6.92 Å². The third-order valence-electron chi connectivity index (χ3n) is 5.41. The number of likely N-dealkylation sites (tertiary alicyclic amines) is 1. The van der Waals surface area contributed by atoms with E-state index >= 15 is 0 Å². The molecule has 0 aromatic heterocycles. The van der Waals surface area contributed by atoms with Gasteiger partial charge in [0.05, 0.1) is 17.7 Å². The van der Waals surface area contributed by atoms with Crippen LogP contribution < -0.4 is 0 Å². The topological polar surface area (TPSA) is 77.8 Å². The Bertz CT molecular complexity index is 733. The number of halogens is 2. The number of aliphatic hydroxyl groups is 1. The number of aromatic carboxylic acids is 1. The summed E-state index contributed by atoms with van der Waals surface area (Å²) in [5.74, 6) is -5.64. The summed E-state index contributed by atoms with van der Waals surface area (Å²) < 4.78 is 28.0. The Morgan fingerprint density at radius 2 is 2.00 bits per heavy atom. The highest BCUT2D eigenvalue weighted by Crippen LogP contribution is 2.34. The molecule has 3 atom stereocenters. The third kappa shape index (κ3) is 6.10. The van der Waals surface area contributed by atoms with Crippen molar-refractivity contribution in [1.29, 1.82) is 0 Å². The second-order valence-electron chi connectivity index (χ2n) is 7.72. The first-order valence-electron chi connectivity index (χ1n) is 10.0. The molecule has 2 N–H and O–H groups in total. The molecule has 7 heteroatoms. The lowest BCUT2D eigenvalue weighted by Crippen LogP contribution is -2.37. The van der Waals surface area contributed by atoms with Crippen LogP contribution in [0.3, 0.4) is 0 Å². The van der Waals surface area contributed by atoms with Crippen LogP contribution in [0.4, 0.5) is 8.78 Å². The smallest absolute Gasteiger partial charge is 0.335 e. The van der Waals surface area contributed by atoms with Crippen LogP contribution in [-0.2, 0) is 11.2 Å². The Balaban J connectivity index is 2.03. The van der Waals surface area contributed by atoms with E-state index in [0.717, 1.165) is 29.7 Å². The maximum absolute atomic E-state index is 14.0. The molecule has 29 heavy (non-hydrogen) atoms. The third-order valence-corrected chi connectivity index (χ3v) is 5.41. The van der Waals surface area contributed by atoms with Gasteiger partial charge in [-0.2, -0.15) is 8.78 Å². The fourth-order valence-electron chi connectivity index (χ4n) is 3.45. The molecular formula is C22H29F2NO4. The van der Waals surface area contributed by atoms with Crippen LogP contribution in [0, 0.1) is 5.92 Å². The minimum Gasteiger partial charge on any atom is -0.478 e. The zero-order valence-electron chi connectivity index (χ0n) is 16.9. The number of benzene rings is 1. The largest absolute Gasteiger partial charge is 0.478 e. The van der Waals surface area contributed by atoms with Gasteiger partial charge in [-0.05, 0) is 36.5 Å². The van der Waals surface area contributed by atoms with Gasteiger partial charge < -0.3 is 15.1 Å². The maximum atomic E-state index is 14.0. The van der Waals surface area contributed by atoms with Gasteiger partial charge in [0.2, 0.25) is 0 Å². The van der Waals surface area contributed by atoms with E-state index < -0.39 is 36.4 Å². The summed E-state index contributed by atoms with van der Waals surface area (Å²) in [7, 11) is 0. The van der Waals surface area contributed by atoms with Crippen molar-refractivity contribution in [2.75, 3.05) is 6.54 Å². The number of nitrogens with zero attached hydrogens (tertiary/aromatic N) is 1. The maximum Gasteiger partial charge on any atom is 0.335 e. The van der Waals surface area contributed by atoms with Crippen LogP contribution in [0.1, 0.15) is 55.5 Å². The molecular weight excluding hydrogens is 380 g/mol. The molecule has 1 aromatic rings. The van der Waals surface area contributed by atoms with E-state index in [1.165, 1.54) is 24.3 Å². The molecule has 0 radical (unpaired) electrons. The van der Waals surface area contributed by atoms with Crippen molar-refractivity contribution in [1.82, 2.24) is 4.90 Å². The molecule has 1 fully saturated rings. The zero-order chi connectivity index (χ0) is 21.6. The van der Waals surface area contributed by atoms with E-state index in [1.54, 1.807) is 12.1 Å². The molecule has 1 saturated heterocycles. The SMILES string of the molecule is CCCC[C@H](C)[C@H](O)/C=C/[C@H]1CC(F)(F)C(=O)N1CCc1ccc(C(=O)O)cc1. The highest BCUT2D eigenvalue weighted by molar-refractivity contribution is 5.87. The van der Waals surface area contributed by atoms with Crippen molar-refractivity contribution in [3.05, 3.63) is 47.5 Å². The minimum absolute atomic E-state index is 0.0185. The van der Waals surface area contributed by atoms with Crippen LogP contribution in [0.25, 0.3) is 0 Å². The van der Waals surface area contributed by atoms with Gasteiger partial charge in [0.25, 0.3) is 5.91 Å². The van der Waals surface area contributed by atoms with Gasteiger partial charge in [-0.15, -0.1) is 0 Å². The minimum atomic E-state index is -3.42. The lowest BCUT2D eigenvalue weighted by atomic mass is 9.97. The van der Waals surface area contributed by atoms with Crippen LogP contribution in [0.15, 0.2) is 36.4 Å². The summed E-state index contributed by atoms with van der Waals surface area (Å²) in [6, 6.07) is 5.36. The number of unbranched alkanes of at least 4 members (excludes halogenated alkanes) is 1. The Morgan fingerprint density at radius 3 is 2.59 bits per heavy atom. The molecule has 1 aliphatic rings. The van der Waals surface area contributed by atoms with Crippen molar-refractivity contribution in [3.63, 3.8) is 0 Å². The molecule has 0 aliphatic carbocycles. The van der Waals surface area contributed by atoms with Gasteiger partial charge in [0, 0.05) is 13.0 Å². The van der Waals surface area contributed by atoms with Crippen molar-refractivity contribution in [2.24, 2.45) is 5.92 Å². The van der Waals surface area contributed by atoms with Crippen LogP contribution in [0.2, 0.25) is 0 Å². The first kappa shape index (κ1) is 23.0. The molecule has 1 amide bonds. The molecule has 1 aromatic carbocycles. The number of carbonyl (C=O) groups excluding carboxylic acids is 1. The second-order valence-corrected chi connectivity index (χ2v) is 7.72. The van der Waals surface area contributed by atoms with Gasteiger partial charge in [-0.25, -0.2) is 4.79 Å². The van der Waals surface area contributed by atoms with Crippen molar-refractivity contribution in [2.45, 2.75) is 64.0 Å². The van der Waals surface area contributed by atoms with Gasteiger partial charge in [0.15, 0.2) is 0 Å². The summed E-state index contributed by atoms with van der Waals surface area (Å²) in [5, 5.41) is 19.2. The molecule has 0 spiro atoms. The summed E-state index contributed by atoms with van der Waals surface area (Å²) >= 11 is 0. The van der Waals surface area contributed by atoms with Gasteiger partial charge in [0.1, 0.15) is 0 Å². The number of hydrogen-bond acceptors (Lipinski definition) is 3. The molecule has 1 aliphatic heterocycles. The summed E-state index contributed by atoms with van der Waals surface area (Å²) in [6.07, 6.45) is 4.88. The van der Waals surface area contributed by atoms with Crippen molar-refractivity contribution in [3.8, 4) is 0 Å². The number of alkyl halides is 2. The van der Waals surface area contributed by atoms with Gasteiger partial charge in [-0.3, -0.25) is 4.79 Å². The van der Waals surface area contributed by atoms with E-state index in [-0.39, 0.29) is 18.0 Å². The van der Waals surface area contributed by atoms with E-state index in [4.69, 9.17) is 5.11 Å². The van der Waals surface area contributed by atoms with E-state index in [9.17, 15) is 23.5 Å². The van der Waals surface area contributed by atoms with Crippen LogP contribution in [0.5, 0.6) is 0 Å². The lowest BCUT2D eigenvalue weighted by molar-refractivity contribution is -0.148. The number of carboxylic acid groups (broad SMARTS) is 1. The van der Waals surface area contributed by atoms with E-state index in [0.29, 0.717) is 6.42 Å². The standard InChI is InChI=1S/C22H29F2NO4/c1-3-4-5-15(2)19(26)11-10-18-14-22(23,24)21(29)25(18)13-12-16-6-8-17(9-7-16)20(27)28/h6-11,15,18-19,26H,3-5,12-14H2,1-2H3,(H,27,28)/b11-10+/t15-,18-,19+/m0/s1. The monoisotopic (exact) mass is 409 g/mol. The quantitative estimate of drug-likeness (QED) is 0.575. The normalized spacial score (nSPS) is 20.9.